The Morgan fingerprint density at radius 2 is 1.79 bits per heavy atom. The van der Waals surface area contributed by atoms with Gasteiger partial charge in [0.05, 0.1) is 25.0 Å². The average molecular weight is 572 g/mol. The highest BCUT2D eigenvalue weighted by Crippen LogP contribution is 2.19. The zero-order valence-electron chi connectivity index (χ0n) is 19.7. The van der Waals surface area contributed by atoms with Crippen molar-refractivity contribution in [2.45, 2.75) is 26.9 Å². The van der Waals surface area contributed by atoms with Gasteiger partial charge in [0.15, 0.2) is 11.8 Å². The van der Waals surface area contributed by atoms with Gasteiger partial charge in [0.1, 0.15) is 11.6 Å². The first kappa shape index (κ1) is 25.2. The maximum atomic E-state index is 5.20. The van der Waals surface area contributed by atoms with E-state index in [9.17, 15) is 0 Å². The van der Waals surface area contributed by atoms with Crippen LogP contribution >= 0.6 is 24.0 Å². The van der Waals surface area contributed by atoms with Crippen molar-refractivity contribution in [3.8, 4) is 22.8 Å². The normalized spacial score (nSPS) is 11.1. The number of nitrogens with zero attached hydrogens (tertiary/aromatic N) is 5. The smallest absolute Gasteiger partial charge is 0.191 e. The molecule has 178 valence electrons. The molecule has 0 spiro atoms. The van der Waals surface area contributed by atoms with Gasteiger partial charge in [-0.3, -0.25) is 10.1 Å². The lowest BCUT2D eigenvalue weighted by atomic mass is 10.1. The van der Waals surface area contributed by atoms with Crippen molar-refractivity contribution in [1.29, 1.82) is 0 Å². The number of nitrogens with one attached hydrogen (secondary N) is 3. The Balaban J connectivity index is 0.00000324. The molecule has 0 fully saturated rings. The summed E-state index contributed by atoms with van der Waals surface area (Å²) in [5, 5.41) is 18.5. The van der Waals surface area contributed by atoms with Crippen molar-refractivity contribution in [3.63, 3.8) is 0 Å². The van der Waals surface area contributed by atoms with E-state index in [0.717, 1.165) is 34.0 Å². The van der Waals surface area contributed by atoms with E-state index in [1.807, 2.05) is 48.0 Å². The van der Waals surface area contributed by atoms with Crippen LogP contribution in [0, 0.1) is 13.8 Å². The number of hydrogen-bond acceptors (Lipinski definition) is 5. The predicted molar refractivity (Wildman–Crippen MR) is 144 cm³/mol. The Morgan fingerprint density at radius 3 is 2.47 bits per heavy atom. The topological polar surface area (TPSA) is 105 Å². The predicted octanol–water partition coefficient (Wildman–Crippen LogP) is 3.77. The van der Waals surface area contributed by atoms with Crippen molar-refractivity contribution < 1.29 is 4.74 Å². The minimum atomic E-state index is 0. The van der Waals surface area contributed by atoms with Crippen molar-refractivity contribution in [2.75, 3.05) is 14.2 Å². The van der Waals surface area contributed by atoms with Crippen LogP contribution in [0.15, 0.2) is 59.6 Å². The zero-order valence-corrected chi connectivity index (χ0v) is 22.0. The molecule has 4 rings (SSSR count). The van der Waals surface area contributed by atoms with Crippen molar-refractivity contribution in [1.82, 2.24) is 35.6 Å². The van der Waals surface area contributed by atoms with E-state index in [4.69, 9.17) is 4.74 Å². The summed E-state index contributed by atoms with van der Waals surface area (Å²) in [6.07, 6.45) is 0. The van der Waals surface area contributed by atoms with Gasteiger partial charge in [-0.1, -0.05) is 18.2 Å². The van der Waals surface area contributed by atoms with Gasteiger partial charge in [-0.15, -0.1) is 24.0 Å². The van der Waals surface area contributed by atoms with E-state index >= 15 is 0 Å². The van der Waals surface area contributed by atoms with Crippen LogP contribution < -0.4 is 15.4 Å². The summed E-state index contributed by atoms with van der Waals surface area (Å²) in [7, 11) is 3.38. The first-order chi connectivity index (χ1) is 16.1. The number of ether oxygens (including phenoxy) is 1. The van der Waals surface area contributed by atoms with E-state index in [0.29, 0.717) is 30.7 Å². The largest absolute Gasteiger partial charge is 0.497 e. The van der Waals surface area contributed by atoms with Crippen LogP contribution in [0.25, 0.3) is 17.1 Å². The maximum Gasteiger partial charge on any atom is 0.191 e. The molecule has 0 atom stereocenters. The molecule has 0 aliphatic carbocycles. The number of benzene rings is 2. The van der Waals surface area contributed by atoms with E-state index in [-0.39, 0.29) is 24.0 Å². The highest BCUT2D eigenvalue weighted by molar-refractivity contribution is 14.0. The van der Waals surface area contributed by atoms with Gasteiger partial charge in [0.25, 0.3) is 0 Å². The lowest BCUT2D eigenvalue weighted by Gasteiger charge is -2.14. The SMILES string of the molecule is CN=C(NCc1nc(-c2ccc(OC)cc2)n[nH]1)NCc1ccccc1-n1nc(C)cc1C.I. The van der Waals surface area contributed by atoms with Crippen LogP contribution in [0.4, 0.5) is 0 Å². The number of halogens is 1. The Labute approximate surface area is 216 Å². The first-order valence-corrected chi connectivity index (χ1v) is 10.7. The average Bonchev–Trinajstić information content (AvgIpc) is 3.45. The summed E-state index contributed by atoms with van der Waals surface area (Å²) in [6.45, 7) is 5.12. The van der Waals surface area contributed by atoms with Crippen molar-refractivity contribution in [3.05, 3.63) is 77.4 Å². The van der Waals surface area contributed by atoms with Crippen LogP contribution in [0.3, 0.4) is 0 Å². The molecule has 10 heteroatoms. The van der Waals surface area contributed by atoms with Crippen LogP contribution in [0.1, 0.15) is 22.8 Å². The van der Waals surface area contributed by atoms with Gasteiger partial charge in [0, 0.05) is 24.8 Å². The lowest BCUT2D eigenvalue weighted by Crippen LogP contribution is -2.36. The number of aliphatic imine (C=N–C) groups is 1. The molecule has 0 bridgehead atoms. The fraction of sp³-hybridized carbons (Fsp3) is 0.250. The molecule has 0 saturated heterocycles. The number of aryl methyl sites for hydroxylation is 2. The molecule has 0 amide bonds. The monoisotopic (exact) mass is 572 g/mol. The zero-order chi connectivity index (χ0) is 23.2. The molecule has 0 aliphatic rings. The number of para-hydroxylation sites is 1. The molecular formula is C24H29IN8O. The summed E-state index contributed by atoms with van der Waals surface area (Å²) in [5.41, 5.74) is 5.18. The summed E-state index contributed by atoms with van der Waals surface area (Å²) in [4.78, 5) is 8.88. The van der Waals surface area contributed by atoms with Crippen molar-refractivity contribution in [2.24, 2.45) is 4.99 Å². The van der Waals surface area contributed by atoms with Gasteiger partial charge >= 0.3 is 0 Å². The Kier molecular flexibility index (Phi) is 8.63. The van der Waals surface area contributed by atoms with E-state index in [1.54, 1.807) is 14.2 Å². The van der Waals surface area contributed by atoms with Gasteiger partial charge in [0.2, 0.25) is 0 Å². The second-order valence-electron chi connectivity index (χ2n) is 7.58. The first-order valence-electron chi connectivity index (χ1n) is 10.7. The van der Waals surface area contributed by atoms with Gasteiger partial charge in [-0.25, -0.2) is 9.67 Å². The van der Waals surface area contributed by atoms with Crippen LogP contribution in [-0.2, 0) is 13.1 Å². The number of aromatic nitrogens is 5. The minimum absolute atomic E-state index is 0. The molecule has 0 unspecified atom stereocenters. The number of methoxy groups -OCH3 is 1. The number of rotatable bonds is 7. The Bertz CT molecular complexity index is 1250. The molecule has 0 aliphatic heterocycles. The second kappa shape index (κ2) is 11.6. The number of guanidine groups is 1. The number of aromatic amines is 1. The molecule has 2 aromatic heterocycles. The highest BCUT2D eigenvalue weighted by Gasteiger charge is 2.10. The van der Waals surface area contributed by atoms with Crippen LogP contribution in [0.2, 0.25) is 0 Å². The number of hydrogen-bond donors (Lipinski definition) is 3. The molecule has 34 heavy (non-hydrogen) atoms. The molecule has 2 aromatic carbocycles. The van der Waals surface area contributed by atoms with Crippen molar-refractivity contribution >= 4 is 29.9 Å². The maximum absolute atomic E-state index is 5.20. The quantitative estimate of drug-likeness (QED) is 0.177. The Morgan fingerprint density at radius 1 is 1.06 bits per heavy atom. The summed E-state index contributed by atoms with van der Waals surface area (Å²) >= 11 is 0. The second-order valence-corrected chi connectivity index (χ2v) is 7.58. The van der Waals surface area contributed by atoms with E-state index in [1.165, 1.54) is 0 Å². The number of H-pyrrole nitrogens is 1. The van der Waals surface area contributed by atoms with Gasteiger partial charge < -0.3 is 15.4 Å². The highest BCUT2D eigenvalue weighted by atomic mass is 127. The molecule has 9 nitrogen and oxygen atoms in total. The van der Waals surface area contributed by atoms with Gasteiger partial charge in [-0.05, 0) is 55.8 Å². The third kappa shape index (κ3) is 5.93. The molecule has 0 radical (unpaired) electrons. The van der Waals surface area contributed by atoms with E-state index < -0.39 is 0 Å². The van der Waals surface area contributed by atoms with Crippen LogP contribution in [0.5, 0.6) is 5.75 Å². The minimum Gasteiger partial charge on any atom is -0.497 e. The van der Waals surface area contributed by atoms with E-state index in [2.05, 4.69) is 61.0 Å². The molecule has 3 N–H and O–H groups in total. The summed E-state index contributed by atoms with van der Waals surface area (Å²) in [5.74, 6) is 2.81. The van der Waals surface area contributed by atoms with Gasteiger partial charge in [-0.2, -0.15) is 10.2 Å². The molecule has 2 heterocycles. The molecule has 0 saturated carbocycles. The molecular weight excluding hydrogens is 543 g/mol. The third-order valence-electron chi connectivity index (χ3n) is 5.20. The third-order valence-corrected chi connectivity index (χ3v) is 5.20. The van der Waals surface area contributed by atoms with Crippen LogP contribution in [-0.4, -0.2) is 45.1 Å². The molecule has 4 aromatic rings. The Hall–Kier alpha value is -3.41. The fourth-order valence-corrected chi connectivity index (χ4v) is 3.55. The lowest BCUT2D eigenvalue weighted by molar-refractivity contribution is 0.415. The standard InChI is InChI=1S/C24H28N8O.HI/c1-16-13-17(2)32(31-16)21-8-6-5-7-19(21)14-26-24(25-3)27-15-22-28-23(30-29-22)18-9-11-20(33-4)12-10-18;/h5-13H,14-15H2,1-4H3,(H2,25,26,27)(H,28,29,30);1H. The summed E-state index contributed by atoms with van der Waals surface area (Å²) in [6, 6.07) is 17.9. The fourth-order valence-electron chi connectivity index (χ4n) is 3.55. The summed E-state index contributed by atoms with van der Waals surface area (Å²) < 4.78 is 7.17.